The first-order valence-corrected chi connectivity index (χ1v) is 5.85. The zero-order valence-corrected chi connectivity index (χ0v) is 8.78. The highest BCUT2D eigenvalue weighted by Crippen LogP contribution is 2.27. The summed E-state index contributed by atoms with van der Waals surface area (Å²) in [5.74, 6) is 0.705. The van der Waals surface area contributed by atoms with E-state index < -0.39 is 0 Å². The van der Waals surface area contributed by atoms with Crippen molar-refractivity contribution in [2.24, 2.45) is 11.7 Å². The van der Waals surface area contributed by atoms with Crippen molar-refractivity contribution in [3.63, 3.8) is 0 Å². The van der Waals surface area contributed by atoms with Crippen LogP contribution in [0, 0.1) is 5.92 Å². The standard InChI is InChI=1S/C10H20BNO2/c12-10(8-11-13-6-7-14-11)9-4-2-1-3-5-9/h9-10H,1-8,12H2. The van der Waals surface area contributed by atoms with Gasteiger partial charge < -0.3 is 15.0 Å². The van der Waals surface area contributed by atoms with E-state index in [0.717, 1.165) is 19.5 Å². The van der Waals surface area contributed by atoms with Crippen molar-refractivity contribution in [2.45, 2.75) is 44.5 Å². The molecule has 0 spiro atoms. The molecule has 2 fully saturated rings. The van der Waals surface area contributed by atoms with Gasteiger partial charge in [-0.3, -0.25) is 0 Å². The van der Waals surface area contributed by atoms with Crippen LogP contribution in [-0.2, 0) is 9.31 Å². The highest BCUT2D eigenvalue weighted by atomic mass is 16.6. The molecule has 2 rings (SSSR count). The van der Waals surface area contributed by atoms with E-state index >= 15 is 0 Å². The number of hydrogen-bond donors (Lipinski definition) is 1. The van der Waals surface area contributed by atoms with Gasteiger partial charge in [0.1, 0.15) is 0 Å². The molecule has 14 heavy (non-hydrogen) atoms. The summed E-state index contributed by atoms with van der Waals surface area (Å²) in [6.07, 6.45) is 7.57. The predicted octanol–water partition coefficient (Wildman–Crippen LogP) is 1.43. The maximum Gasteiger partial charge on any atom is 0.458 e. The molecule has 1 saturated carbocycles. The minimum absolute atomic E-state index is 0.0214. The molecule has 2 N–H and O–H groups in total. The average molecular weight is 197 g/mol. The lowest BCUT2D eigenvalue weighted by molar-refractivity contribution is 0.297. The van der Waals surface area contributed by atoms with E-state index in [2.05, 4.69) is 0 Å². The van der Waals surface area contributed by atoms with Crippen LogP contribution >= 0.6 is 0 Å². The molecule has 0 aromatic carbocycles. The van der Waals surface area contributed by atoms with E-state index in [1.54, 1.807) is 0 Å². The van der Waals surface area contributed by atoms with Crippen molar-refractivity contribution in [3.8, 4) is 0 Å². The maximum absolute atomic E-state index is 6.17. The van der Waals surface area contributed by atoms with Crippen LogP contribution in [0.1, 0.15) is 32.1 Å². The lowest BCUT2D eigenvalue weighted by Crippen LogP contribution is -2.36. The van der Waals surface area contributed by atoms with Crippen LogP contribution in [0.4, 0.5) is 0 Å². The van der Waals surface area contributed by atoms with Gasteiger partial charge in [0.15, 0.2) is 0 Å². The first-order chi connectivity index (χ1) is 6.86. The van der Waals surface area contributed by atoms with Crippen molar-refractivity contribution in [1.29, 1.82) is 0 Å². The zero-order chi connectivity index (χ0) is 9.80. The molecule has 0 aromatic heterocycles. The van der Waals surface area contributed by atoms with Crippen LogP contribution < -0.4 is 5.73 Å². The molecule has 2 aliphatic rings. The molecule has 1 aliphatic heterocycles. The summed E-state index contributed by atoms with van der Waals surface area (Å²) in [4.78, 5) is 0. The van der Waals surface area contributed by atoms with Crippen LogP contribution in [0.25, 0.3) is 0 Å². The van der Waals surface area contributed by atoms with Crippen molar-refractivity contribution >= 4 is 7.12 Å². The van der Waals surface area contributed by atoms with Crippen molar-refractivity contribution in [1.82, 2.24) is 0 Å². The molecule has 1 heterocycles. The molecule has 0 radical (unpaired) electrons. The Bertz CT molecular complexity index is 168. The van der Waals surface area contributed by atoms with Crippen LogP contribution in [0.5, 0.6) is 0 Å². The maximum atomic E-state index is 6.17. The van der Waals surface area contributed by atoms with Crippen LogP contribution in [0.3, 0.4) is 0 Å². The largest absolute Gasteiger partial charge is 0.458 e. The molecule has 3 nitrogen and oxygen atoms in total. The van der Waals surface area contributed by atoms with E-state index in [9.17, 15) is 0 Å². The second-order valence-electron chi connectivity index (χ2n) is 4.47. The summed E-state index contributed by atoms with van der Waals surface area (Å²) in [6, 6.07) is 0.276. The summed E-state index contributed by atoms with van der Waals surface area (Å²) >= 11 is 0. The lowest BCUT2D eigenvalue weighted by Gasteiger charge is -2.27. The molecule has 0 amide bonds. The predicted molar refractivity (Wildman–Crippen MR) is 57.0 cm³/mol. The third-order valence-corrected chi connectivity index (χ3v) is 3.41. The summed E-state index contributed by atoms with van der Waals surface area (Å²) in [7, 11) is -0.0214. The van der Waals surface area contributed by atoms with Crippen molar-refractivity contribution in [3.05, 3.63) is 0 Å². The Morgan fingerprint density at radius 1 is 1.14 bits per heavy atom. The lowest BCUT2D eigenvalue weighted by atomic mass is 9.73. The van der Waals surface area contributed by atoms with E-state index in [0.29, 0.717) is 5.92 Å². The number of nitrogens with two attached hydrogens (primary N) is 1. The molecule has 80 valence electrons. The normalized spacial score (nSPS) is 26.8. The summed E-state index contributed by atoms with van der Waals surface area (Å²) in [5, 5.41) is 0. The van der Waals surface area contributed by atoms with Gasteiger partial charge in [-0.25, -0.2) is 0 Å². The van der Waals surface area contributed by atoms with E-state index in [1.165, 1.54) is 32.1 Å². The fraction of sp³-hybridized carbons (Fsp3) is 1.00. The van der Waals surface area contributed by atoms with E-state index in [4.69, 9.17) is 15.0 Å². The van der Waals surface area contributed by atoms with Crippen molar-refractivity contribution < 1.29 is 9.31 Å². The molecule has 0 aromatic rings. The van der Waals surface area contributed by atoms with Crippen LogP contribution in [-0.4, -0.2) is 26.4 Å². The second kappa shape index (κ2) is 5.15. The molecule has 1 aliphatic carbocycles. The van der Waals surface area contributed by atoms with Gasteiger partial charge >= 0.3 is 7.12 Å². The third-order valence-electron chi connectivity index (χ3n) is 3.41. The minimum Gasteiger partial charge on any atom is -0.409 e. The molecule has 4 heteroatoms. The van der Waals surface area contributed by atoms with Gasteiger partial charge in [-0.2, -0.15) is 0 Å². The molecule has 0 bridgehead atoms. The summed E-state index contributed by atoms with van der Waals surface area (Å²) in [5.41, 5.74) is 6.17. The Kier molecular flexibility index (Phi) is 3.85. The molecule has 1 unspecified atom stereocenters. The zero-order valence-electron chi connectivity index (χ0n) is 8.78. The van der Waals surface area contributed by atoms with Gasteiger partial charge in [0, 0.05) is 6.04 Å². The topological polar surface area (TPSA) is 44.5 Å². The molecule has 1 atom stereocenters. The van der Waals surface area contributed by atoms with Gasteiger partial charge in [0.2, 0.25) is 0 Å². The van der Waals surface area contributed by atoms with Gasteiger partial charge in [-0.1, -0.05) is 19.3 Å². The van der Waals surface area contributed by atoms with Crippen LogP contribution in [0.2, 0.25) is 6.32 Å². The smallest absolute Gasteiger partial charge is 0.409 e. The Morgan fingerprint density at radius 2 is 1.79 bits per heavy atom. The van der Waals surface area contributed by atoms with Gasteiger partial charge in [0.05, 0.1) is 13.2 Å². The van der Waals surface area contributed by atoms with E-state index in [1.807, 2.05) is 0 Å². The minimum atomic E-state index is -0.0214. The molecule has 1 saturated heterocycles. The highest BCUT2D eigenvalue weighted by molar-refractivity contribution is 6.45. The summed E-state index contributed by atoms with van der Waals surface area (Å²) in [6.45, 7) is 1.48. The Morgan fingerprint density at radius 3 is 2.43 bits per heavy atom. The first kappa shape index (κ1) is 10.5. The Labute approximate surface area is 86.5 Å². The molecular weight excluding hydrogens is 177 g/mol. The Balaban J connectivity index is 1.72. The SMILES string of the molecule is NC(CB1OCCO1)C1CCCCC1. The first-order valence-electron chi connectivity index (χ1n) is 5.85. The van der Waals surface area contributed by atoms with Gasteiger partial charge in [-0.15, -0.1) is 0 Å². The third kappa shape index (κ3) is 2.72. The monoisotopic (exact) mass is 197 g/mol. The fourth-order valence-corrected chi connectivity index (χ4v) is 2.52. The second-order valence-corrected chi connectivity index (χ2v) is 4.47. The van der Waals surface area contributed by atoms with Gasteiger partial charge in [0.25, 0.3) is 0 Å². The quantitative estimate of drug-likeness (QED) is 0.696. The fourth-order valence-electron chi connectivity index (χ4n) is 2.52. The summed E-state index contributed by atoms with van der Waals surface area (Å²) < 4.78 is 10.8. The average Bonchev–Trinajstić information content (AvgIpc) is 2.72. The van der Waals surface area contributed by atoms with E-state index in [-0.39, 0.29) is 13.2 Å². The number of rotatable bonds is 3. The molecular formula is C10H20BNO2. The number of hydrogen-bond acceptors (Lipinski definition) is 3. The highest BCUT2D eigenvalue weighted by Gasteiger charge is 2.30. The van der Waals surface area contributed by atoms with Gasteiger partial charge in [-0.05, 0) is 25.1 Å². The van der Waals surface area contributed by atoms with Crippen LogP contribution in [0.15, 0.2) is 0 Å². The van der Waals surface area contributed by atoms with Crippen molar-refractivity contribution in [2.75, 3.05) is 13.2 Å². The Hall–Kier alpha value is -0.0551.